The van der Waals surface area contributed by atoms with Crippen molar-refractivity contribution in [2.75, 3.05) is 25.1 Å². The first-order chi connectivity index (χ1) is 11.8. The summed E-state index contributed by atoms with van der Waals surface area (Å²) in [5.74, 6) is 2.10. The molecule has 1 aromatic heterocycles. The first-order valence-electron chi connectivity index (χ1n) is 8.08. The van der Waals surface area contributed by atoms with E-state index in [1.807, 2.05) is 18.2 Å². The first kappa shape index (κ1) is 15.0. The lowest BCUT2D eigenvalue weighted by molar-refractivity contribution is -0.125. The van der Waals surface area contributed by atoms with E-state index >= 15 is 0 Å². The number of anilines is 1. The van der Waals surface area contributed by atoms with Gasteiger partial charge in [0.25, 0.3) is 5.91 Å². The lowest BCUT2D eigenvalue weighted by atomic mass is 10.1. The Morgan fingerprint density at radius 3 is 2.96 bits per heavy atom. The highest BCUT2D eigenvalue weighted by Gasteiger charge is 2.28. The number of ether oxygens (including phenoxy) is 3. The highest BCUT2D eigenvalue weighted by atomic mass is 16.6. The van der Waals surface area contributed by atoms with Gasteiger partial charge in [-0.3, -0.25) is 4.79 Å². The predicted molar refractivity (Wildman–Crippen MR) is 86.1 cm³/mol. The molecule has 2 atom stereocenters. The van der Waals surface area contributed by atoms with Crippen molar-refractivity contribution in [2.24, 2.45) is 5.92 Å². The summed E-state index contributed by atoms with van der Waals surface area (Å²) in [4.78, 5) is 12.5. The molecular weight excluding hydrogens is 310 g/mol. The predicted octanol–water partition coefficient (Wildman–Crippen LogP) is 1.70. The molecule has 2 aromatic rings. The number of hydrogen-bond acceptors (Lipinski definition) is 5. The normalized spacial score (nSPS) is 22.3. The second-order valence-corrected chi connectivity index (χ2v) is 5.98. The van der Waals surface area contributed by atoms with Crippen LogP contribution in [0.4, 0.5) is 5.82 Å². The van der Waals surface area contributed by atoms with Crippen LogP contribution in [-0.4, -0.2) is 41.6 Å². The molecule has 0 bridgehead atoms. The maximum atomic E-state index is 12.5. The molecule has 2 aliphatic rings. The number of amides is 1. The number of aromatic nitrogens is 2. The fourth-order valence-corrected chi connectivity index (χ4v) is 2.91. The molecule has 4 rings (SSSR count). The number of carbonyl (C=O) groups is 1. The molecular formula is C17H19N3O4. The quantitative estimate of drug-likeness (QED) is 0.924. The van der Waals surface area contributed by atoms with Crippen molar-refractivity contribution in [3.05, 3.63) is 36.5 Å². The van der Waals surface area contributed by atoms with Gasteiger partial charge in [-0.05, 0) is 18.6 Å². The number of rotatable bonds is 4. The molecule has 1 saturated heterocycles. The number of hydrogen-bond donors (Lipinski definition) is 1. The van der Waals surface area contributed by atoms with Crippen LogP contribution in [-0.2, 0) is 16.1 Å². The SMILES string of the molecule is O=C(Nc1ccnn1C[C@H]1CCOC1)[C@H]1COc2ccccc2O1. The van der Waals surface area contributed by atoms with E-state index in [9.17, 15) is 4.79 Å². The van der Waals surface area contributed by atoms with Gasteiger partial charge in [-0.15, -0.1) is 0 Å². The fraction of sp³-hybridized carbons (Fsp3) is 0.412. The monoisotopic (exact) mass is 329 g/mol. The van der Waals surface area contributed by atoms with Crippen LogP contribution in [0.1, 0.15) is 6.42 Å². The topological polar surface area (TPSA) is 74.6 Å². The average molecular weight is 329 g/mol. The average Bonchev–Trinajstić information content (AvgIpc) is 3.27. The van der Waals surface area contributed by atoms with Gasteiger partial charge in [0.05, 0.1) is 12.8 Å². The zero-order valence-electron chi connectivity index (χ0n) is 13.2. The zero-order chi connectivity index (χ0) is 16.4. The van der Waals surface area contributed by atoms with Crippen LogP contribution >= 0.6 is 0 Å². The van der Waals surface area contributed by atoms with E-state index in [2.05, 4.69) is 10.4 Å². The van der Waals surface area contributed by atoms with Crippen molar-refractivity contribution in [3.8, 4) is 11.5 Å². The lowest BCUT2D eigenvalue weighted by Crippen LogP contribution is -2.40. The minimum absolute atomic E-state index is 0.188. The summed E-state index contributed by atoms with van der Waals surface area (Å²) in [6.45, 7) is 2.45. The van der Waals surface area contributed by atoms with Crippen LogP contribution < -0.4 is 14.8 Å². The smallest absolute Gasteiger partial charge is 0.270 e. The van der Waals surface area contributed by atoms with Crippen molar-refractivity contribution in [2.45, 2.75) is 19.1 Å². The number of para-hydroxylation sites is 2. The standard InChI is InChI=1S/C17H19N3O4/c21-17(15-11-23-13-3-1-2-4-14(13)24-15)19-16-5-7-18-20(16)9-12-6-8-22-10-12/h1-5,7,12,15H,6,8-11H2,(H,19,21)/t12-,15-/m1/s1. The Hall–Kier alpha value is -2.54. The first-order valence-corrected chi connectivity index (χ1v) is 8.08. The maximum absolute atomic E-state index is 12.5. The van der Waals surface area contributed by atoms with Gasteiger partial charge < -0.3 is 19.5 Å². The molecule has 2 aliphatic heterocycles. The molecule has 7 nitrogen and oxygen atoms in total. The number of nitrogens with zero attached hydrogens (tertiary/aromatic N) is 2. The minimum atomic E-state index is -0.682. The Kier molecular flexibility index (Phi) is 4.08. The van der Waals surface area contributed by atoms with Gasteiger partial charge in [-0.2, -0.15) is 5.10 Å². The van der Waals surface area contributed by atoms with Crippen molar-refractivity contribution < 1.29 is 19.0 Å². The van der Waals surface area contributed by atoms with Gasteiger partial charge in [0, 0.05) is 25.1 Å². The van der Waals surface area contributed by atoms with Gasteiger partial charge in [-0.25, -0.2) is 4.68 Å². The lowest BCUT2D eigenvalue weighted by Gasteiger charge is -2.25. The van der Waals surface area contributed by atoms with Crippen molar-refractivity contribution in [1.82, 2.24) is 9.78 Å². The van der Waals surface area contributed by atoms with E-state index in [-0.39, 0.29) is 12.5 Å². The van der Waals surface area contributed by atoms with Crippen molar-refractivity contribution in [3.63, 3.8) is 0 Å². The van der Waals surface area contributed by atoms with Gasteiger partial charge in [0.15, 0.2) is 11.5 Å². The highest BCUT2D eigenvalue weighted by Crippen LogP contribution is 2.31. The number of carbonyl (C=O) groups excluding carboxylic acids is 1. The molecule has 3 heterocycles. The second kappa shape index (κ2) is 6.52. The molecule has 126 valence electrons. The van der Waals surface area contributed by atoms with Gasteiger partial charge in [0.1, 0.15) is 12.4 Å². The summed E-state index contributed by atoms with van der Waals surface area (Å²) < 4.78 is 18.5. The molecule has 1 aromatic carbocycles. The van der Waals surface area contributed by atoms with E-state index in [1.165, 1.54) is 0 Å². The Labute approximate surface area is 139 Å². The fourth-order valence-electron chi connectivity index (χ4n) is 2.91. The minimum Gasteiger partial charge on any atom is -0.485 e. The third-order valence-electron chi connectivity index (χ3n) is 4.22. The number of benzene rings is 1. The number of nitrogens with one attached hydrogen (secondary N) is 1. The molecule has 1 fully saturated rings. The molecule has 0 aliphatic carbocycles. The van der Waals surface area contributed by atoms with E-state index in [1.54, 1.807) is 23.0 Å². The van der Waals surface area contributed by atoms with Crippen molar-refractivity contribution in [1.29, 1.82) is 0 Å². The molecule has 1 N–H and O–H groups in total. The maximum Gasteiger partial charge on any atom is 0.270 e. The summed E-state index contributed by atoms with van der Waals surface area (Å²) in [5, 5.41) is 7.17. The van der Waals surface area contributed by atoms with Crippen LogP contribution in [0.5, 0.6) is 11.5 Å². The molecule has 7 heteroatoms. The summed E-state index contributed by atoms with van der Waals surface area (Å²) in [5.41, 5.74) is 0. The number of fused-ring (bicyclic) bond motifs is 1. The van der Waals surface area contributed by atoms with E-state index in [4.69, 9.17) is 14.2 Å². The van der Waals surface area contributed by atoms with Gasteiger partial charge >= 0.3 is 0 Å². The van der Waals surface area contributed by atoms with Crippen LogP contribution in [0.15, 0.2) is 36.5 Å². The Morgan fingerprint density at radius 2 is 2.12 bits per heavy atom. The Bertz CT molecular complexity index is 724. The summed E-state index contributed by atoms with van der Waals surface area (Å²) in [6, 6.07) is 9.11. The molecule has 0 radical (unpaired) electrons. The van der Waals surface area contributed by atoms with E-state index < -0.39 is 6.10 Å². The Balaban J connectivity index is 1.41. The largest absolute Gasteiger partial charge is 0.485 e. The molecule has 1 amide bonds. The van der Waals surface area contributed by atoms with Crippen molar-refractivity contribution >= 4 is 11.7 Å². The third kappa shape index (κ3) is 3.07. The third-order valence-corrected chi connectivity index (χ3v) is 4.22. The molecule has 0 unspecified atom stereocenters. The van der Waals surface area contributed by atoms with Crippen LogP contribution in [0.25, 0.3) is 0 Å². The van der Waals surface area contributed by atoms with Gasteiger partial charge in [0.2, 0.25) is 6.10 Å². The molecule has 0 saturated carbocycles. The Morgan fingerprint density at radius 1 is 1.25 bits per heavy atom. The van der Waals surface area contributed by atoms with Crippen LogP contribution in [0.2, 0.25) is 0 Å². The molecule has 0 spiro atoms. The molecule has 24 heavy (non-hydrogen) atoms. The van der Waals surface area contributed by atoms with Crippen LogP contribution in [0, 0.1) is 5.92 Å². The zero-order valence-corrected chi connectivity index (χ0v) is 13.2. The summed E-state index contributed by atoms with van der Waals surface area (Å²) in [6.07, 6.45) is 2.01. The van der Waals surface area contributed by atoms with E-state index in [0.717, 1.165) is 26.2 Å². The summed E-state index contributed by atoms with van der Waals surface area (Å²) >= 11 is 0. The van der Waals surface area contributed by atoms with E-state index in [0.29, 0.717) is 23.2 Å². The highest BCUT2D eigenvalue weighted by molar-refractivity contribution is 5.94. The van der Waals surface area contributed by atoms with Gasteiger partial charge in [-0.1, -0.05) is 12.1 Å². The second-order valence-electron chi connectivity index (χ2n) is 5.98. The summed E-state index contributed by atoms with van der Waals surface area (Å²) in [7, 11) is 0. The van der Waals surface area contributed by atoms with Crippen LogP contribution in [0.3, 0.4) is 0 Å².